The Hall–Kier alpha value is -1.60. The summed E-state index contributed by atoms with van der Waals surface area (Å²) in [6.45, 7) is 10.1. The lowest BCUT2D eigenvalue weighted by atomic mass is 9.96. The number of anilines is 3. The van der Waals surface area contributed by atoms with Gasteiger partial charge in [-0.05, 0) is 51.7 Å². The maximum absolute atomic E-state index is 6.09. The Balaban J connectivity index is 1.42. The molecule has 0 amide bonds. The van der Waals surface area contributed by atoms with Crippen LogP contribution in [-0.4, -0.2) is 85.7 Å². The van der Waals surface area contributed by atoms with Crippen molar-refractivity contribution in [3.05, 3.63) is 6.07 Å². The average Bonchev–Trinajstić information content (AvgIpc) is 2.69. The van der Waals surface area contributed by atoms with E-state index in [1.807, 2.05) is 0 Å². The van der Waals surface area contributed by atoms with Crippen LogP contribution >= 0.6 is 0 Å². The fraction of sp³-hybridized carbons (Fsp3) is 0.800. The van der Waals surface area contributed by atoms with Crippen LogP contribution in [0.3, 0.4) is 0 Å². The maximum atomic E-state index is 6.09. The van der Waals surface area contributed by atoms with E-state index in [0.29, 0.717) is 5.95 Å². The number of aromatic nitrogens is 2. The van der Waals surface area contributed by atoms with Crippen LogP contribution in [0.25, 0.3) is 0 Å². The first-order valence-corrected chi connectivity index (χ1v) is 10.7. The Labute approximate surface area is 163 Å². The summed E-state index contributed by atoms with van der Waals surface area (Å²) in [4.78, 5) is 18.9. The van der Waals surface area contributed by atoms with Crippen LogP contribution in [-0.2, 0) is 0 Å². The van der Waals surface area contributed by atoms with Crippen molar-refractivity contribution in [2.24, 2.45) is 5.92 Å². The molecule has 0 aromatic carbocycles. The zero-order chi connectivity index (χ0) is 18.6. The number of nitrogens with two attached hydrogens (primary N) is 1. The smallest absolute Gasteiger partial charge is 0.223 e. The number of piperidine rings is 2. The van der Waals surface area contributed by atoms with Crippen molar-refractivity contribution >= 4 is 17.6 Å². The summed E-state index contributed by atoms with van der Waals surface area (Å²) in [6.07, 6.45) is 6.72. The molecule has 0 radical (unpaired) electrons. The second-order valence-corrected chi connectivity index (χ2v) is 8.55. The summed E-state index contributed by atoms with van der Waals surface area (Å²) >= 11 is 0. The third-order valence-corrected chi connectivity index (χ3v) is 6.35. The van der Waals surface area contributed by atoms with E-state index in [9.17, 15) is 0 Å². The highest BCUT2D eigenvalue weighted by molar-refractivity contribution is 5.54. The fourth-order valence-electron chi connectivity index (χ4n) is 4.73. The van der Waals surface area contributed by atoms with E-state index in [1.54, 1.807) is 0 Å². The molecule has 0 saturated carbocycles. The van der Waals surface area contributed by atoms with Gasteiger partial charge >= 0.3 is 0 Å². The average molecular weight is 374 g/mol. The quantitative estimate of drug-likeness (QED) is 0.858. The van der Waals surface area contributed by atoms with Crippen LogP contribution in [0.1, 0.15) is 32.1 Å². The molecule has 0 unspecified atom stereocenters. The zero-order valence-corrected chi connectivity index (χ0v) is 16.8. The largest absolute Gasteiger partial charge is 0.368 e. The van der Waals surface area contributed by atoms with E-state index < -0.39 is 0 Å². The minimum atomic E-state index is 0.402. The van der Waals surface area contributed by atoms with Crippen LogP contribution in [0.4, 0.5) is 17.6 Å². The highest BCUT2D eigenvalue weighted by atomic mass is 15.3. The minimum Gasteiger partial charge on any atom is -0.368 e. The summed E-state index contributed by atoms with van der Waals surface area (Å²) in [5, 5.41) is 0. The molecule has 1 atom stereocenters. The van der Waals surface area contributed by atoms with Gasteiger partial charge in [0.25, 0.3) is 0 Å². The molecule has 4 rings (SSSR count). The predicted molar refractivity (Wildman–Crippen MR) is 111 cm³/mol. The van der Waals surface area contributed by atoms with Crippen LogP contribution in [0.5, 0.6) is 0 Å². The Morgan fingerprint density at radius 1 is 0.889 bits per heavy atom. The van der Waals surface area contributed by atoms with Crippen molar-refractivity contribution in [1.82, 2.24) is 19.8 Å². The van der Waals surface area contributed by atoms with Crippen molar-refractivity contribution in [1.29, 1.82) is 0 Å². The van der Waals surface area contributed by atoms with Gasteiger partial charge in [-0.25, -0.2) is 0 Å². The van der Waals surface area contributed by atoms with Crippen LogP contribution in [0.2, 0.25) is 0 Å². The van der Waals surface area contributed by atoms with Gasteiger partial charge in [0.05, 0.1) is 0 Å². The van der Waals surface area contributed by atoms with E-state index in [1.165, 1.54) is 51.7 Å². The Morgan fingerprint density at radius 2 is 1.59 bits per heavy atom. The molecule has 7 heteroatoms. The molecule has 1 aromatic rings. The third kappa shape index (κ3) is 4.82. The molecule has 0 spiro atoms. The van der Waals surface area contributed by atoms with Crippen molar-refractivity contribution < 1.29 is 0 Å². The van der Waals surface area contributed by atoms with E-state index in [2.05, 4.69) is 42.7 Å². The molecule has 0 bridgehead atoms. The maximum Gasteiger partial charge on any atom is 0.223 e. The van der Waals surface area contributed by atoms with Crippen molar-refractivity contribution in [2.45, 2.75) is 32.1 Å². The Kier molecular flexibility index (Phi) is 5.98. The second-order valence-electron chi connectivity index (χ2n) is 8.55. The summed E-state index contributed by atoms with van der Waals surface area (Å²) in [6, 6.07) is 2.16. The topological polar surface area (TPSA) is 64.8 Å². The molecule has 3 saturated heterocycles. The van der Waals surface area contributed by atoms with Crippen LogP contribution < -0.4 is 15.5 Å². The monoisotopic (exact) mass is 373 g/mol. The number of likely N-dealkylation sites (N-methyl/N-ethyl adjacent to an activating group) is 1. The fourth-order valence-corrected chi connectivity index (χ4v) is 4.73. The molecule has 1 aromatic heterocycles. The SMILES string of the molecule is CN1CCN(c2cc(N3CCC[C@@H](CN4CCCCC4)C3)nc(N)n2)CC1. The molecule has 0 aliphatic carbocycles. The van der Waals surface area contributed by atoms with Crippen molar-refractivity contribution in [3.8, 4) is 0 Å². The first kappa shape index (κ1) is 18.7. The van der Waals surface area contributed by atoms with Crippen LogP contribution in [0.15, 0.2) is 6.07 Å². The summed E-state index contributed by atoms with van der Waals surface area (Å²) < 4.78 is 0. The van der Waals surface area contributed by atoms with Crippen LogP contribution in [0, 0.1) is 5.92 Å². The molecule has 27 heavy (non-hydrogen) atoms. The predicted octanol–water partition coefficient (Wildman–Crippen LogP) is 1.51. The van der Waals surface area contributed by atoms with E-state index >= 15 is 0 Å². The van der Waals surface area contributed by atoms with Gasteiger partial charge in [-0.2, -0.15) is 9.97 Å². The van der Waals surface area contributed by atoms with Gasteiger partial charge in [0, 0.05) is 51.9 Å². The molecular weight excluding hydrogens is 338 g/mol. The highest BCUT2D eigenvalue weighted by Crippen LogP contribution is 2.27. The van der Waals surface area contributed by atoms with Gasteiger partial charge < -0.3 is 25.3 Å². The van der Waals surface area contributed by atoms with Gasteiger partial charge in [0.1, 0.15) is 11.6 Å². The molecule has 3 aliphatic heterocycles. The van der Waals surface area contributed by atoms with Crippen molar-refractivity contribution in [2.75, 3.05) is 81.5 Å². The van der Waals surface area contributed by atoms with Gasteiger partial charge in [-0.3, -0.25) is 0 Å². The normalized spacial score (nSPS) is 25.7. The summed E-state index contributed by atoms with van der Waals surface area (Å²) in [7, 11) is 2.17. The summed E-state index contributed by atoms with van der Waals surface area (Å²) in [5.74, 6) is 3.14. The molecule has 150 valence electrons. The number of piperazine rings is 1. The lowest BCUT2D eigenvalue weighted by Gasteiger charge is -2.38. The first-order valence-electron chi connectivity index (χ1n) is 10.7. The Bertz CT molecular complexity index is 608. The molecule has 3 fully saturated rings. The lowest BCUT2D eigenvalue weighted by molar-refractivity contribution is 0.185. The van der Waals surface area contributed by atoms with Gasteiger partial charge in [-0.1, -0.05) is 6.42 Å². The number of rotatable bonds is 4. The molecule has 3 aliphatic rings. The number of nitrogen functional groups attached to an aromatic ring is 1. The molecule has 2 N–H and O–H groups in total. The second kappa shape index (κ2) is 8.61. The number of likely N-dealkylation sites (tertiary alicyclic amines) is 1. The van der Waals surface area contributed by atoms with E-state index in [-0.39, 0.29) is 0 Å². The highest BCUT2D eigenvalue weighted by Gasteiger charge is 2.25. The van der Waals surface area contributed by atoms with Gasteiger partial charge in [0.2, 0.25) is 5.95 Å². The molecular formula is C20H35N7. The van der Waals surface area contributed by atoms with E-state index in [0.717, 1.165) is 56.8 Å². The van der Waals surface area contributed by atoms with E-state index in [4.69, 9.17) is 5.73 Å². The molecule has 4 heterocycles. The Morgan fingerprint density at radius 3 is 2.33 bits per heavy atom. The third-order valence-electron chi connectivity index (χ3n) is 6.35. The van der Waals surface area contributed by atoms with Gasteiger partial charge in [-0.15, -0.1) is 0 Å². The lowest BCUT2D eigenvalue weighted by Crippen LogP contribution is -2.45. The molecule has 7 nitrogen and oxygen atoms in total. The minimum absolute atomic E-state index is 0.402. The van der Waals surface area contributed by atoms with Gasteiger partial charge in [0.15, 0.2) is 0 Å². The number of hydrogen-bond donors (Lipinski definition) is 1. The van der Waals surface area contributed by atoms with Crippen molar-refractivity contribution in [3.63, 3.8) is 0 Å². The zero-order valence-electron chi connectivity index (χ0n) is 16.8. The number of hydrogen-bond acceptors (Lipinski definition) is 7. The first-order chi connectivity index (χ1) is 13.2. The standard InChI is InChI=1S/C20H35N7/c1-24-10-12-26(13-11-24)18-14-19(23-20(21)22-18)27-9-5-6-17(16-27)15-25-7-3-2-4-8-25/h14,17H,2-13,15-16H2,1H3,(H2,21,22,23)/t17-/m0/s1. The summed E-state index contributed by atoms with van der Waals surface area (Å²) in [5.41, 5.74) is 6.09. The number of nitrogens with zero attached hydrogens (tertiary/aromatic N) is 6.